The summed E-state index contributed by atoms with van der Waals surface area (Å²) in [5.74, 6) is -4.32. The number of ether oxygens (including phenoxy) is 1. The lowest BCUT2D eigenvalue weighted by molar-refractivity contribution is -0.149. The molecule has 0 aliphatic carbocycles. The minimum Gasteiger partial charge on any atom is -0.465 e. The molecule has 0 saturated heterocycles. The fourth-order valence-corrected chi connectivity index (χ4v) is 2.33. The first-order valence-electron chi connectivity index (χ1n) is 6.10. The van der Waals surface area contributed by atoms with Crippen LogP contribution in [0.15, 0.2) is 18.2 Å². The van der Waals surface area contributed by atoms with Gasteiger partial charge in [0.15, 0.2) is 11.3 Å². The third kappa shape index (κ3) is 1.91. The van der Waals surface area contributed by atoms with E-state index in [1.807, 2.05) is 0 Å². The van der Waals surface area contributed by atoms with E-state index in [1.54, 1.807) is 12.1 Å². The highest BCUT2D eigenvalue weighted by atomic mass is 19.1. The molecule has 1 amide bonds. The zero-order chi connectivity index (χ0) is 15.6. The van der Waals surface area contributed by atoms with Crippen LogP contribution in [0.4, 0.5) is 10.1 Å². The van der Waals surface area contributed by atoms with Crippen LogP contribution in [0.2, 0.25) is 0 Å². The third-order valence-electron chi connectivity index (χ3n) is 3.30. The predicted octanol–water partition coefficient (Wildman–Crippen LogP) is 1.24. The Hall–Kier alpha value is -2.93. The van der Waals surface area contributed by atoms with E-state index in [9.17, 15) is 24.5 Å². The van der Waals surface area contributed by atoms with E-state index in [2.05, 4.69) is 5.32 Å². The maximum absolute atomic E-state index is 13.7. The zero-order valence-electron chi connectivity index (χ0n) is 11.0. The van der Waals surface area contributed by atoms with Crippen molar-refractivity contribution in [3.8, 4) is 12.1 Å². The molecule has 0 saturated carbocycles. The van der Waals surface area contributed by atoms with Crippen LogP contribution >= 0.6 is 0 Å². The van der Waals surface area contributed by atoms with Gasteiger partial charge in [-0.3, -0.25) is 9.59 Å². The molecule has 7 heteroatoms. The molecule has 2 atom stereocenters. The van der Waals surface area contributed by atoms with Gasteiger partial charge in [-0.15, -0.1) is 0 Å². The van der Waals surface area contributed by atoms with Gasteiger partial charge in [0.25, 0.3) is 5.91 Å². The van der Waals surface area contributed by atoms with Crippen LogP contribution in [0, 0.1) is 34.4 Å². The van der Waals surface area contributed by atoms with Crippen LogP contribution in [0.3, 0.4) is 0 Å². The van der Waals surface area contributed by atoms with Crippen LogP contribution in [-0.2, 0) is 19.7 Å². The minimum absolute atomic E-state index is 0.00382. The minimum atomic E-state index is -2.11. The number of esters is 1. The maximum Gasteiger partial charge on any atom is 0.325 e. The van der Waals surface area contributed by atoms with E-state index in [-0.39, 0.29) is 17.9 Å². The highest BCUT2D eigenvalue weighted by Crippen LogP contribution is 2.44. The molecule has 1 N–H and O–H groups in total. The number of amides is 1. The first-order chi connectivity index (χ1) is 10.0. The van der Waals surface area contributed by atoms with Gasteiger partial charge in [-0.2, -0.15) is 10.5 Å². The van der Waals surface area contributed by atoms with Crippen molar-refractivity contribution >= 4 is 17.6 Å². The zero-order valence-corrected chi connectivity index (χ0v) is 11.0. The molecule has 2 rings (SSSR count). The Morgan fingerprint density at radius 1 is 1.52 bits per heavy atom. The molecule has 1 aromatic rings. The van der Waals surface area contributed by atoms with E-state index in [1.165, 1.54) is 19.1 Å². The number of anilines is 1. The Labute approximate surface area is 119 Å². The SMILES string of the molecule is CCOC(=O)C(C#N)C1(C#N)C(=O)Nc2c(F)cccc21. The van der Waals surface area contributed by atoms with E-state index < -0.39 is 29.0 Å². The van der Waals surface area contributed by atoms with Crippen LogP contribution in [0.5, 0.6) is 0 Å². The molecule has 21 heavy (non-hydrogen) atoms. The summed E-state index contributed by atoms with van der Waals surface area (Å²) < 4.78 is 18.5. The summed E-state index contributed by atoms with van der Waals surface area (Å²) in [7, 11) is 0. The Bertz CT molecular complexity index is 704. The van der Waals surface area contributed by atoms with Crippen molar-refractivity contribution < 1.29 is 18.7 Å². The van der Waals surface area contributed by atoms with Crippen LogP contribution in [-0.4, -0.2) is 18.5 Å². The van der Waals surface area contributed by atoms with Crippen LogP contribution in [0.25, 0.3) is 0 Å². The second-order valence-corrected chi connectivity index (χ2v) is 4.35. The summed E-state index contributed by atoms with van der Waals surface area (Å²) >= 11 is 0. The average Bonchev–Trinajstić information content (AvgIpc) is 2.75. The number of carbonyl (C=O) groups excluding carboxylic acids is 2. The average molecular weight is 287 g/mol. The quantitative estimate of drug-likeness (QED) is 0.842. The lowest BCUT2D eigenvalue weighted by Crippen LogP contribution is -2.44. The summed E-state index contributed by atoms with van der Waals surface area (Å²) in [5.41, 5.74) is -2.33. The number of halogens is 1. The standard InChI is InChI=1S/C14H10FN3O3/c1-2-21-12(19)9(6-16)14(7-17)8-4-3-5-10(15)11(8)18-13(14)20/h3-5,9H,2H2,1H3,(H,18,20). The van der Waals surface area contributed by atoms with Crippen molar-refractivity contribution in [2.24, 2.45) is 5.92 Å². The molecule has 106 valence electrons. The summed E-state index contributed by atoms with van der Waals surface area (Å²) in [5, 5.41) is 20.9. The van der Waals surface area contributed by atoms with E-state index in [0.717, 1.165) is 6.07 Å². The number of nitriles is 2. The molecular weight excluding hydrogens is 277 g/mol. The maximum atomic E-state index is 13.7. The second-order valence-electron chi connectivity index (χ2n) is 4.35. The van der Waals surface area contributed by atoms with E-state index >= 15 is 0 Å². The molecule has 6 nitrogen and oxygen atoms in total. The summed E-state index contributed by atoms with van der Waals surface area (Å²) in [6, 6.07) is 7.08. The number of benzene rings is 1. The molecule has 0 fully saturated rings. The second kappa shape index (κ2) is 5.22. The lowest BCUT2D eigenvalue weighted by Gasteiger charge is -2.22. The van der Waals surface area contributed by atoms with Crippen molar-refractivity contribution in [3.63, 3.8) is 0 Å². The molecule has 2 unspecified atom stereocenters. The molecular formula is C14H10FN3O3. The third-order valence-corrected chi connectivity index (χ3v) is 3.30. The van der Waals surface area contributed by atoms with Gasteiger partial charge in [-0.05, 0) is 13.0 Å². The number of nitrogens with zero attached hydrogens (tertiary/aromatic N) is 2. The normalized spacial score (nSPS) is 20.7. The number of para-hydroxylation sites is 1. The smallest absolute Gasteiger partial charge is 0.325 e. The topological polar surface area (TPSA) is 103 Å². The number of carbonyl (C=O) groups is 2. The van der Waals surface area contributed by atoms with Crippen LogP contribution in [0.1, 0.15) is 12.5 Å². The Morgan fingerprint density at radius 3 is 2.81 bits per heavy atom. The summed E-state index contributed by atoms with van der Waals surface area (Å²) in [6.45, 7) is 1.53. The van der Waals surface area contributed by atoms with Crippen molar-refractivity contribution in [1.82, 2.24) is 0 Å². The largest absolute Gasteiger partial charge is 0.465 e. The molecule has 1 heterocycles. The number of hydrogen-bond donors (Lipinski definition) is 1. The Morgan fingerprint density at radius 2 is 2.24 bits per heavy atom. The lowest BCUT2D eigenvalue weighted by atomic mass is 9.72. The predicted molar refractivity (Wildman–Crippen MR) is 68.1 cm³/mol. The first kappa shape index (κ1) is 14.5. The summed E-state index contributed by atoms with van der Waals surface area (Å²) in [6.07, 6.45) is 0. The molecule has 0 radical (unpaired) electrons. The van der Waals surface area contributed by atoms with Gasteiger partial charge in [0, 0.05) is 5.56 Å². The fourth-order valence-electron chi connectivity index (χ4n) is 2.33. The number of fused-ring (bicyclic) bond motifs is 1. The van der Waals surface area contributed by atoms with Crippen molar-refractivity contribution in [1.29, 1.82) is 10.5 Å². The van der Waals surface area contributed by atoms with E-state index in [4.69, 9.17) is 4.74 Å². The van der Waals surface area contributed by atoms with Gasteiger partial charge < -0.3 is 10.1 Å². The Balaban J connectivity index is 2.66. The Kier molecular flexibility index (Phi) is 3.60. The number of hydrogen-bond acceptors (Lipinski definition) is 5. The molecule has 1 aliphatic rings. The highest BCUT2D eigenvalue weighted by molar-refractivity contribution is 6.11. The van der Waals surface area contributed by atoms with Gasteiger partial charge in [0.2, 0.25) is 0 Å². The molecule has 0 spiro atoms. The highest BCUT2D eigenvalue weighted by Gasteiger charge is 2.57. The monoisotopic (exact) mass is 287 g/mol. The van der Waals surface area contributed by atoms with Gasteiger partial charge >= 0.3 is 5.97 Å². The molecule has 1 aliphatic heterocycles. The number of rotatable bonds is 3. The summed E-state index contributed by atoms with van der Waals surface area (Å²) in [4.78, 5) is 24.1. The van der Waals surface area contributed by atoms with Crippen molar-refractivity contribution in [3.05, 3.63) is 29.6 Å². The van der Waals surface area contributed by atoms with Crippen molar-refractivity contribution in [2.45, 2.75) is 12.3 Å². The van der Waals surface area contributed by atoms with Gasteiger partial charge in [-0.25, -0.2) is 4.39 Å². The van der Waals surface area contributed by atoms with Crippen molar-refractivity contribution in [2.75, 3.05) is 11.9 Å². The first-order valence-corrected chi connectivity index (χ1v) is 6.10. The van der Waals surface area contributed by atoms with Gasteiger partial charge in [0.05, 0.1) is 24.4 Å². The fraction of sp³-hybridized carbons (Fsp3) is 0.286. The molecule has 0 aromatic heterocycles. The molecule has 1 aromatic carbocycles. The van der Waals surface area contributed by atoms with E-state index in [0.29, 0.717) is 0 Å². The number of nitrogens with one attached hydrogen (secondary N) is 1. The van der Waals surface area contributed by atoms with Gasteiger partial charge in [-0.1, -0.05) is 12.1 Å². The molecule has 0 bridgehead atoms. The van der Waals surface area contributed by atoms with Crippen LogP contribution < -0.4 is 5.32 Å². The van der Waals surface area contributed by atoms with Gasteiger partial charge in [0.1, 0.15) is 5.82 Å².